The molecule has 20 heavy (non-hydrogen) atoms. The molecule has 1 N–H and O–H groups in total. The fraction of sp³-hybridized carbons (Fsp3) is 0.375. The van der Waals surface area contributed by atoms with Crippen molar-refractivity contribution in [2.24, 2.45) is 5.92 Å². The minimum atomic E-state index is -1.06. The number of para-hydroxylation sites is 1. The lowest BCUT2D eigenvalue weighted by molar-refractivity contribution is 0.0698. The highest BCUT2D eigenvalue weighted by Crippen LogP contribution is 2.19. The van der Waals surface area contributed by atoms with E-state index in [2.05, 4.69) is 13.8 Å². The lowest BCUT2D eigenvalue weighted by Crippen LogP contribution is -2.25. The number of carboxylic acids is 1. The summed E-state index contributed by atoms with van der Waals surface area (Å²) in [5.41, 5.74) is 0.531. The maximum Gasteiger partial charge on any atom is 0.336 e. The number of rotatable bonds is 5. The monoisotopic (exact) mass is 273 g/mol. The predicted octanol–water partition coefficient (Wildman–Crippen LogP) is 3.14. The van der Waals surface area contributed by atoms with Crippen molar-refractivity contribution in [1.29, 1.82) is 0 Å². The second-order valence-corrected chi connectivity index (χ2v) is 5.01. The minimum absolute atomic E-state index is 0.0754. The third kappa shape index (κ3) is 2.59. The quantitative estimate of drug-likeness (QED) is 0.910. The highest BCUT2D eigenvalue weighted by Gasteiger charge is 2.15. The van der Waals surface area contributed by atoms with Crippen LogP contribution in [0.1, 0.15) is 37.0 Å². The standard InChI is InChI=1S/C16H19NO3/c1-3-11(4-2)10-17-14-8-6-5-7-12(14)13(16(19)20)9-15(17)18/h5-9,11H,3-4,10H2,1-2H3,(H,19,20). The molecule has 1 heterocycles. The van der Waals surface area contributed by atoms with E-state index in [0.717, 1.165) is 12.8 Å². The van der Waals surface area contributed by atoms with Gasteiger partial charge >= 0.3 is 5.97 Å². The average Bonchev–Trinajstić information content (AvgIpc) is 2.45. The maximum absolute atomic E-state index is 12.2. The first-order chi connectivity index (χ1) is 9.58. The Labute approximate surface area is 117 Å². The molecule has 0 saturated carbocycles. The van der Waals surface area contributed by atoms with Crippen molar-refractivity contribution in [2.75, 3.05) is 0 Å². The molecule has 0 saturated heterocycles. The van der Waals surface area contributed by atoms with Crippen molar-refractivity contribution in [3.05, 3.63) is 46.2 Å². The van der Waals surface area contributed by atoms with Crippen LogP contribution in [0.4, 0.5) is 0 Å². The molecular weight excluding hydrogens is 254 g/mol. The molecule has 0 unspecified atom stereocenters. The summed E-state index contributed by atoms with van der Waals surface area (Å²) in [6.07, 6.45) is 2.00. The van der Waals surface area contributed by atoms with Crippen LogP contribution in [0.5, 0.6) is 0 Å². The van der Waals surface area contributed by atoms with E-state index in [-0.39, 0.29) is 11.1 Å². The summed E-state index contributed by atoms with van der Waals surface area (Å²) in [6, 6.07) is 8.41. The highest BCUT2D eigenvalue weighted by atomic mass is 16.4. The topological polar surface area (TPSA) is 59.3 Å². The Hall–Kier alpha value is -2.10. The number of hydrogen-bond donors (Lipinski definition) is 1. The molecule has 0 atom stereocenters. The van der Waals surface area contributed by atoms with Gasteiger partial charge in [-0.3, -0.25) is 4.79 Å². The van der Waals surface area contributed by atoms with Crippen LogP contribution in [0.15, 0.2) is 35.1 Å². The van der Waals surface area contributed by atoms with Crippen molar-refractivity contribution in [3.63, 3.8) is 0 Å². The van der Waals surface area contributed by atoms with Gasteiger partial charge < -0.3 is 9.67 Å². The lowest BCUT2D eigenvalue weighted by Gasteiger charge is -2.17. The van der Waals surface area contributed by atoms with Gasteiger partial charge in [-0.05, 0) is 12.0 Å². The summed E-state index contributed by atoms with van der Waals surface area (Å²) in [7, 11) is 0. The van der Waals surface area contributed by atoms with Gasteiger partial charge in [0.25, 0.3) is 5.56 Å². The predicted molar refractivity (Wildman–Crippen MR) is 79.2 cm³/mol. The number of aromatic nitrogens is 1. The number of benzene rings is 1. The van der Waals surface area contributed by atoms with Crippen molar-refractivity contribution < 1.29 is 9.90 Å². The number of nitrogens with zero attached hydrogens (tertiary/aromatic N) is 1. The summed E-state index contributed by atoms with van der Waals surface area (Å²) < 4.78 is 1.69. The van der Waals surface area contributed by atoms with Crippen molar-refractivity contribution in [1.82, 2.24) is 4.57 Å². The first-order valence-electron chi connectivity index (χ1n) is 6.94. The molecule has 106 valence electrons. The molecule has 4 nitrogen and oxygen atoms in total. The van der Waals surface area contributed by atoms with Crippen LogP contribution in [0.3, 0.4) is 0 Å². The number of pyridine rings is 1. The van der Waals surface area contributed by atoms with Gasteiger partial charge in [-0.15, -0.1) is 0 Å². The lowest BCUT2D eigenvalue weighted by atomic mass is 10.0. The van der Waals surface area contributed by atoms with Crippen molar-refractivity contribution in [3.8, 4) is 0 Å². The number of fused-ring (bicyclic) bond motifs is 1. The molecule has 0 aliphatic heterocycles. The van der Waals surface area contributed by atoms with Crippen LogP contribution in [-0.4, -0.2) is 15.6 Å². The van der Waals surface area contributed by atoms with E-state index in [4.69, 9.17) is 0 Å². The van der Waals surface area contributed by atoms with Crippen LogP contribution < -0.4 is 5.56 Å². The molecule has 2 aromatic rings. The Morgan fingerprint density at radius 2 is 1.90 bits per heavy atom. The summed E-state index contributed by atoms with van der Waals surface area (Å²) in [5.74, 6) is -0.639. The number of hydrogen-bond acceptors (Lipinski definition) is 2. The zero-order valence-electron chi connectivity index (χ0n) is 11.8. The van der Waals surface area contributed by atoms with E-state index in [1.54, 1.807) is 16.7 Å². The normalized spacial score (nSPS) is 11.2. The largest absolute Gasteiger partial charge is 0.478 e. The Balaban J connectivity index is 2.67. The number of carboxylic acid groups (broad SMARTS) is 1. The third-order valence-electron chi connectivity index (χ3n) is 3.84. The Bertz CT molecular complexity index is 684. The third-order valence-corrected chi connectivity index (χ3v) is 3.84. The molecule has 1 aromatic carbocycles. The van der Waals surface area contributed by atoms with Gasteiger partial charge in [0.1, 0.15) is 0 Å². The van der Waals surface area contributed by atoms with Crippen LogP contribution in [0, 0.1) is 5.92 Å². The van der Waals surface area contributed by atoms with Crippen molar-refractivity contribution in [2.45, 2.75) is 33.2 Å². The van der Waals surface area contributed by atoms with E-state index in [0.29, 0.717) is 23.4 Å². The van der Waals surface area contributed by atoms with E-state index >= 15 is 0 Å². The van der Waals surface area contributed by atoms with Gasteiger partial charge in [-0.2, -0.15) is 0 Å². The Kier molecular flexibility index (Phi) is 4.23. The summed E-state index contributed by atoms with van der Waals surface area (Å²) >= 11 is 0. The van der Waals surface area contributed by atoms with E-state index in [9.17, 15) is 14.7 Å². The average molecular weight is 273 g/mol. The van der Waals surface area contributed by atoms with Gasteiger partial charge in [0, 0.05) is 18.0 Å². The van der Waals surface area contributed by atoms with Gasteiger partial charge in [0.05, 0.1) is 11.1 Å². The zero-order chi connectivity index (χ0) is 14.7. The molecular formula is C16H19NO3. The van der Waals surface area contributed by atoms with E-state index in [1.165, 1.54) is 6.07 Å². The van der Waals surface area contributed by atoms with E-state index < -0.39 is 5.97 Å². The first-order valence-corrected chi connectivity index (χ1v) is 6.94. The van der Waals surface area contributed by atoms with E-state index in [1.807, 2.05) is 12.1 Å². The molecule has 0 fully saturated rings. The minimum Gasteiger partial charge on any atom is -0.478 e. The SMILES string of the molecule is CCC(CC)Cn1c(=O)cc(C(=O)O)c2ccccc21. The van der Waals surface area contributed by atoms with Crippen LogP contribution >= 0.6 is 0 Å². The fourth-order valence-electron chi connectivity index (χ4n) is 2.50. The smallest absolute Gasteiger partial charge is 0.336 e. The molecule has 4 heteroatoms. The molecule has 0 amide bonds. The Morgan fingerprint density at radius 1 is 1.25 bits per heavy atom. The van der Waals surface area contributed by atoms with Crippen LogP contribution in [0.25, 0.3) is 10.9 Å². The Morgan fingerprint density at radius 3 is 2.50 bits per heavy atom. The molecule has 0 aliphatic rings. The van der Waals surface area contributed by atoms with Crippen molar-refractivity contribution >= 4 is 16.9 Å². The first kappa shape index (κ1) is 14.3. The second kappa shape index (κ2) is 5.90. The molecule has 0 radical (unpaired) electrons. The second-order valence-electron chi connectivity index (χ2n) is 5.01. The molecule has 2 rings (SSSR count). The van der Waals surface area contributed by atoms with Crippen LogP contribution in [0.2, 0.25) is 0 Å². The molecule has 0 spiro atoms. The summed E-state index contributed by atoms with van der Waals surface area (Å²) in [6.45, 7) is 4.84. The summed E-state index contributed by atoms with van der Waals surface area (Å²) in [4.78, 5) is 23.5. The van der Waals surface area contributed by atoms with Gasteiger partial charge in [-0.25, -0.2) is 4.79 Å². The molecule has 1 aromatic heterocycles. The maximum atomic E-state index is 12.2. The molecule has 0 aliphatic carbocycles. The van der Waals surface area contributed by atoms with Crippen LogP contribution in [-0.2, 0) is 6.54 Å². The zero-order valence-corrected chi connectivity index (χ0v) is 11.8. The van der Waals surface area contributed by atoms with Gasteiger partial charge in [-0.1, -0.05) is 44.9 Å². The number of carbonyl (C=O) groups is 1. The van der Waals surface area contributed by atoms with Gasteiger partial charge in [0.2, 0.25) is 0 Å². The fourth-order valence-corrected chi connectivity index (χ4v) is 2.50. The summed E-state index contributed by atoms with van der Waals surface area (Å²) in [5, 5.41) is 9.84. The molecule has 0 bridgehead atoms. The van der Waals surface area contributed by atoms with Gasteiger partial charge in [0.15, 0.2) is 0 Å². The highest BCUT2D eigenvalue weighted by molar-refractivity contribution is 6.02. The number of aromatic carboxylic acids is 1.